The molecule has 1 atom stereocenters. The quantitative estimate of drug-likeness (QED) is 0.802. The Morgan fingerprint density at radius 2 is 2.00 bits per heavy atom. The summed E-state index contributed by atoms with van der Waals surface area (Å²) in [5.74, 6) is 0.187. The highest BCUT2D eigenvalue weighted by Crippen LogP contribution is 2.29. The molecule has 0 bridgehead atoms. The van der Waals surface area contributed by atoms with Gasteiger partial charge in [0.1, 0.15) is 5.75 Å². The summed E-state index contributed by atoms with van der Waals surface area (Å²) in [6.45, 7) is 0.989. The van der Waals surface area contributed by atoms with Crippen LogP contribution >= 0.6 is 12.4 Å². The third kappa shape index (κ3) is 5.68. The molecule has 0 spiro atoms. The summed E-state index contributed by atoms with van der Waals surface area (Å²) < 4.78 is 29.2. The molecule has 7 heteroatoms. The molecule has 1 heterocycles. The first kappa shape index (κ1) is 19.1. The van der Waals surface area contributed by atoms with Crippen molar-refractivity contribution in [3.8, 4) is 5.75 Å². The molecule has 1 aromatic rings. The highest BCUT2D eigenvalue weighted by molar-refractivity contribution is 5.85. The summed E-state index contributed by atoms with van der Waals surface area (Å²) in [6, 6.07) is 7.01. The van der Waals surface area contributed by atoms with Crippen molar-refractivity contribution in [2.24, 2.45) is 0 Å². The highest BCUT2D eigenvalue weighted by atomic mass is 35.5. The first-order chi connectivity index (χ1) is 10.2. The Labute approximate surface area is 135 Å². The lowest BCUT2D eigenvalue weighted by atomic mass is 9.99. The lowest BCUT2D eigenvalue weighted by Gasteiger charge is -2.35. The van der Waals surface area contributed by atoms with E-state index < -0.39 is 6.61 Å². The number of hydrogen-bond donors (Lipinski definition) is 2. The monoisotopic (exact) mass is 336 g/mol. The third-order valence-electron chi connectivity index (χ3n) is 3.70. The lowest BCUT2D eigenvalue weighted by Crippen LogP contribution is -2.45. The summed E-state index contributed by atoms with van der Waals surface area (Å²) in [6.07, 6.45) is 1.49. The molecule has 22 heavy (non-hydrogen) atoms. The van der Waals surface area contributed by atoms with Crippen LogP contribution < -0.4 is 10.1 Å². The number of nitrogens with zero attached hydrogens (tertiary/aromatic N) is 1. The number of nitrogens with one attached hydrogen (secondary N) is 1. The molecule has 4 nitrogen and oxygen atoms in total. The van der Waals surface area contributed by atoms with Gasteiger partial charge >= 0.3 is 6.61 Å². The minimum Gasteiger partial charge on any atom is -0.435 e. The van der Waals surface area contributed by atoms with Crippen molar-refractivity contribution in [1.82, 2.24) is 10.2 Å². The standard InChI is InChI=1S/C15H22F2N2O2.ClH/c16-15(17)21-13-4-1-3-12(11-13)14(5-2-10-20)19-8-6-18-7-9-19;/h1,3-4,11,14-15,18,20H,2,5-10H2;1H/t14-;/m0./s1. The number of alkyl halides is 2. The van der Waals surface area contributed by atoms with Crippen molar-refractivity contribution >= 4 is 12.4 Å². The van der Waals surface area contributed by atoms with E-state index in [-0.39, 0.29) is 30.8 Å². The Hall–Kier alpha value is -0.950. The Bertz CT molecular complexity index is 432. The number of hydrogen-bond acceptors (Lipinski definition) is 4. The Morgan fingerprint density at radius 1 is 1.27 bits per heavy atom. The second-order valence-electron chi connectivity index (χ2n) is 5.12. The second kappa shape index (κ2) is 9.94. The molecule has 0 amide bonds. The van der Waals surface area contributed by atoms with Gasteiger partial charge in [-0.2, -0.15) is 8.78 Å². The summed E-state index contributed by atoms with van der Waals surface area (Å²) in [5, 5.41) is 12.4. The third-order valence-corrected chi connectivity index (χ3v) is 3.70. The van der Waals surface area contributed by atoms with E-state index in [0.29, 0.717) is 6.42 Å². The van der Waals surface area contributed by atoms with Crippen LogP contribution in [0.4, 0.5) is 8.78 Å². The largest absolute Gasteiger partial charge is 0.435 e. The van der Waals surface area contributed by atoms with E-state index in [2.05, 4.69) is 15.0 Å². The molecular weight excluding hydrogens is 314 g/mol. The lowest BCUT2D eigenvalue weighted by molar-refractivity contribution is -0.0499. The smallest absolute Gasteiger partial charge is 0.387 e. The van der Waals surface area contributed by atoms with Gasteiger partial charge < -0.3 is 15.2 Å². The van der Waals surface area contributed by atoms with Crippen LogP contribution in [0.25, 0.3) is 0 Å². The normalized spacial score (nSPS) is 17.1. The van der Waals surface area contributed by atoms with Crippen molar-refractivity contribution in [2.75, 3.05) is 32.8 Å². The molecule has 0 aromatic heterocycles. The van der Waals surface area contributed by atoms with Crippen LogP contribution in [-0.2, 0) is 0 Å². The SMILES string of the molecule is Cl.OCCC[C@@H](c1cccc(OC(F)F)c1)N1CCNCC1. The number of aliphatic hydroxyl groups is 1. The number of aliphatic hydroxyl groups excluding tert-OH is 1. The maximum atomic E-state index is 12.3. The summed E-state index contributed by atoms with van der Waals surface area (Å²) in [7, 11) is 0. The van der Waals surface area contributed by atoms with Gasteiger partial charge in [0, 0.05) is 38.8 Å². The molecule has 2 N–H and O–H groups in total. The Kier molecular flexibility index (Phi) is 8.63. The number of benzene rings is 1. The van der Waals surface area contributed by atoms with Gasteiger partial charge in [0.15, 0.2) is 0 Å². The Morgan fingerprint density at radius 3 is 2.64 bits per heavy atom. The fourth-order valence-electron chi connectivity index (χ4n) is 2.74. The molecule has 1 aromatic carbocycles. The molecule has 1 saturated heterocycles. The average molecular weight is 337 g/mol. The van der Waals surface area contributed by atoms with Gasteiger partial charge in [0.05, 0.1) is 0 Å². The molecule has 0 saturated carbocycles. The molecule has 0 unspecified atom stereocenters. The van der Waals surface area contributed by atoms with Gasteiger partial charge in [0.25, 0.3) is 0 Å². The van der Waals surface area contributed by atoms with Crippen molar-refractivity contribution < 1.29 is 18.6 Å². The van der Waals surface area contributed by atoms with E-state index in [1.54, 1.807) is 12.1 Å². The van der Waals surface area contributed by atoms with Crippen molar-refractivity contribution in [1.29, 1.82) is 0 Å². The van der Waals surface area contributed by atoms with Gasteiger partial charge in [-0.05, 0) is 30.5 Å². The maximum absolute atomic E-state index is 12.3. The van der Waals surface area contributed by atoms with Crippen LogP contribution in [0, 0.1) is 0 Å². The fourth-order valence-corrected chi connectivity index (χ4v) is 2.74. The fraction of sp³-hybridized carbons (Fsp3) is 0.600. The predicted molar refractivity (Wildman–Crippen MR) is 83.8 cm³/mol. The molecule has 0 aliphatic carbocycles. The van der Waals surface area contributed by atoms with Gasteiger partial charge in [-0.25, -0.2) is 0 Å². The molecule has 126 valence electrons. The molecule has 1 fully saturated rings. The first-order valence-corrected chi connectivity index (χ1v) is 7.31. The van der Waals surface area contributed by atoms with Gasteiger partial charge in [-0.3, -0.25) is 4.90 Å². The van der Waals surface area contributed by atoms with Crippen LogP contribution in [0.3, 0.4) is 0 Å². The first-order valence-electron chi connectivity index (χ1n) is 7.31. The number of rotatable bonds is 7. The molecule has 2 rings (SSSR count). The zero-order valence-corrected chi connectivity index (χ0v) is 13.2. The number of piperazine rings is 1. The summed E-state index contributed by atoms with van der Waals surface area (Å²) >= 11 is 0. The topological polar surface area (TPSA) is 44.7 Å². The van der Waals surface area contributed by atoms with Crippen molar-refractivity contribution in [2.45, 2.75) is 25.5 Å². The van der Waals surface area contributed by atoms with E-state index in [9.17, 15) is 8.78 Å². The van der Waals surface area contributed by atoms with E-state index in [4.69, 9.17) is 5.11 Å². The van der Waals surface area contributed by atoms with E-state index in [1.165, 1.54) is 6.07 Å². The van der Waals surface area contributed by atoms with Crippen LogP contribution in [0.15, 0.2) is 24.3 Å². The average Bonchev–Trinajstić information content (AvgIpc) is 2.48. The number of ether oxygens (including phenoxy) is 1. The minimum atomic E-state index is -2.81. The zero-order valence-electron chi connectivity index (χ0n) is 12.4. The van der Waals surface area contributed by atoms with Gasteiger partial charge in [-0.1, -0.05) is 12.1 Å². The van der Waals surface area contributed by atoms with Gasteiger partial charge in [-0.15, -0.1) is 12.4 Å². The maximum Gasteiger partial charge on any atom is 0.387 e. The Balaban J connectivity index is 0.00000242. The van der Waals surface area contributed by atoms with Crippen LogP contribution in [0.2, 0.25) is 0 Å². The number of halogens is 3. The van der Waals surface area contributed by atoms with Crippen LogP contribution in [0.1, 0.15) is 24.4 Å². The van der Waals surface area contributed by atoms with Gasteiger partial charge in [0.2, 0.25) is 0 Å². The zero-order chi connectivity index (χ0) is 15.1. The van der Waals surface area contributed by atoms with E-state index in [1.807, 2.05) is 6.07 Å². The van der Waals surface area contributed by atoms with E-state index in [0.717, 1.165) is 38.2 Å². The molecular formula is C15H23ClF2N2O2. The summed E-state index contributed by atoms with van der Waals surface area (Å²) in [4.78, 5) is 2.33. The highest BCUT2D eigenvalue weighted by Gasteiger charge is 2.22. The predicted octanol–water partition coefficient (Wildman–Crippen LogP) is 2.43. The molecule has 1 aliphatic rings. The van der Waals surface area contributed by atoms with E-state index >= 15 is 0 Å². The molecule has 0 radical (unpaired) electrons. The second-order valence-corrected chi connectivity index (χ2v) is 5.12. The van der Waals surface area contributed by atoms with Crippen LogP contribution in [0.5, 0.6) is 5.75 Å². The van der Waals surface area contributed by atoms with Crippen molar-refractivity contribution in [3.63, 3.8) is 0 Å². The van der Waals surface area contributed by atoms with Crippen molar-refractivity contribution in [3.05, 3.63) is 29.8 Å². The minimum absolute atomic E-state index is 0. The van der Waals surface area contributed by atoms with Crippen LogP contribution in [-0.4, -0.2) is 49.4 Å². The summed E-state index contributed by atoms with van der Waals surface area (Å²) in [5.41, 5.74) is 0.962. The molecule has 1 aliphatic heterocycles.